The predicted molar refractivity (Wildman–Crippen MR) is 90.0 cm³/mol. The molecule has 23 heavy (non-hydrogen) atoms. The van der Waals surface area contributed by atoms with Crippen LogP contribution in [0.4, 0.5) is 5.82 Å². The van der Waals surface area contributed by atoms with Crippen LogP contribution in [0.25, 0.3) is 0 Å². The summed E-state index contributed by atoms with van der Waals surface area (Å²) in [7, 11) is 1.78. The molecule has 0 saturated heterocycles. The maximum atomic E-state index is 12.1. The molecule has 1 aromatic carbocycles. The SMILES string of the molecule is CN(Cc1ccccc1)C(=O)CCNc1ccc(Cl)c(C#N)n1. The molecule has 0 fully saturated rings. The molecule has 0 aliphatic heterocycles. The molecular weight excluding hydrogens is 312 g/mol. The Hall–Kier alpha value is -2.58. The zero-order chi connectivity index (χ0) is 16.7. The van der Waals surface area contributed by atoms with Crippen molar-refractivity contribution in [1.29, 1.82) is 5.26 Å². The molecule has 1 aromatic heterocycles. The number of carbonyl (C=O) groups excluding carboxylic acids is 1. The Morgan fingerprint density at radius 1 is 1.30 bits per heavy atom. The fourth-order valence-electron chi connectivity index (χ4n) is 2.05. The molecule has 0 saturated carbocycles. The van der Waals surface area contributed by atoms with Crippen molar-refractivity contribution in [2.45, 2.75) is 13.0 Å². The Morgan fingerprint density at radius 3 is 2.74 bits per heavy atom. The maximum absolute atomic E-state index is 12.1. The normalized spacial score (nSPS) is 9.96. The van der Waals surface area contributed by atoms with Gasteiger partial charge < -0.3 is 10.2 Å². The number of carbonyl (C=O) groups is 1. The maximum Gasteiger partial charge on any atom is 0.224 e. The highest BCUT2D eigenvalue weighted by atomic mass is 35.5. The molecule has 0 atom stereocenters. The molecule has 0 unspecified atom stereocenters. The summed E-state index contributed by atoms with van der Waals surface area (Å²) in [6.45, 7) is 1.02. The van der Waals surface area contributed by atoms with E-state index in [0.29, 0.717) is 30.4 Å². The van der Waals surface area contributed by atoms with Crippen LogP contribution in [0.15, 0.2) is 42.5 Å². The first kappa shape index (κ1) is 16.8. The van der Waals surface area contributed by atoms with Gasteiger partial charge in [-0.15, -0.1) is 0 Å². The van der Waals surface area contributed by atoms with Gasteiger partial charge in [-0.2, -0.15) is 5.26 Å². The molecule has 1 N–H and O–H groups in total. The second kappa shape index (κ2) is 8.16. The van der Waals surface area contributed by atoms with E-state index in [1.54, 1.807) is 24.1 Å². The first-order valence-electron chi connectivity index (χ1n) is 7.18. The third-order valence-electron chi connectivity index (χ3n) is 3.29. The third kappa shape index (κ3) is 4.97. The molecule has 0 spiro atoms. The van der Waals surface area contributed by atoms with Gasteiger partial charge in [0.15, 0.2) is 5.69 Å². The van der Waals surface area contributed by atoms with Gasteiger partial charge >= 0.3 is 0 Å². The summed E-state index contributed by atoms with van der Waals surface area (Å²) >= 11 is 5.83. The second-order valence-corrected chi connectivity index (χ2v) is 5.46. The molecule has 0 radical (unpaired) electrons. The van der Waals surface area contributed by atoms with E-state index < -0.39 is 0 Å². The summed E-state index contributed by atoms with van der Waals surface area (Å²) in [5.74, 6) is 0.570. The average Bonchev–Trinajstić information content (AvgIpc) is 2.57. The standard InChI is InChI=1S/C17H17ClN4O/c1-22(12-13-5-3-2-4-6-13)17(23)9-10-20-16-8-7-14(18)15(11-19)21-16/h2-8H,9-10,12H2,1H3,(H,20,21). The largest absolute Gasteiger partial charge is 0.370 e. The summed E-state index contributed by atoms with van der Waals surface area (Å²) in [5, 5.41) is 12.2. The van der Waals surface area contributed by atoms with Crippen LogP contribution in [0.3, 0.4) is 0 Å². The molecule has 118 valence electrons. The molecule has 2 aromatic rings. The van der Waals surface area contributed by atoms with Crippen molar-refractivity contribution < 1.29 is 4.79 Å². The van der Waals surface area contributed by atoms with Gasteiger partial charge in [0.25, 0.3) is 0 Å². The third-order valence-corrected chi connectivity index (χ3v) is 3.59. The van der Waals surface area contributed by atoms with Gasteiger partial charge in [-0.3, -0.25) is 4.79 Å². The molecule has 1 heterocycles. The monoisotopic (exact) mass is 328 g/mol. The number of rotatable bonds is 6. The number of nitriles is 1. The minimum atomic E-state index is 0.0378. The van der Waals surface area contributed by atoms with Crippen molar-refractivity contribution in [3.8, 4) is 6.07 Å². The number of nitrogens with one attached hydrogen (secondary N) is 1. The van der Waals surface area contributed by atoms with E-state index in [1.807, 2.05) is 36.4 Å². The summed E-state index contributed by atoms with van der Waals surface area (Å²) in [5.41, 5.74) is 1.26. The van der Waals surface area contributed by atoms with E-state index in [1.165, 1.54) is 0 Å². The van der Waals surface area contributed by atoms with E-state index in [0.717, 1.165) is 5.56 Å². The van der Waals surface area contributed by atoms with Gasteiger partial charge in [-0.25, -0.2) is 4.98 Å². The van der Waals surface area contributed by atoms with Crippen molar-refractivity contribution in [2.75, 3.05) is 18.9 Å². The summed E-state index contributed by atoms with van der Waals surface area (Å²) in [6, 6.07) is 15.0. The van der Waals surface area contributed by atoms with Crippen molar-refractivity contribution in [3.63, 3.8) is 0 Å². The molecule has 2 rings (SSSR count). The first-order valence-corrected chi connectivity index (χ1v) is 7.56. The zero-order valence-corrected chi connectivity index (χ0v) is 13.5. The summed E-state index contributed by atoms with van der Waals surface area (Å²) in [6.07, 6.45) is 0.343. The Labute approximate surface area is 140 Å². The van der Waals surface area contributed by atoms with Crippen LogP contribution in [-0.2, 0) is 11.3 Å². The van der Waals surface area contributed by atoms with Crippen molar-refractivity contribution in [2.24, 2.45) is 0 Å². The molecule has 6 heteroatoms. The lowest BCUT2D eigenvalue weighted by molar-refractivity contribution is -0.130. The van der Waals surface area contributed by atoms with Crippen LogP contribution in [0.5, 0.6) is 0 Å². The molecule has 0 bridgehead atoms. The lowest BCUT2D eigenvalue weighted by atomic mass is 10.2. The van der Waals surface area contributed by atoms with Crippen LogP contribution in [-0.4, -0.2) is 29.4 Å². The van der Waals surface area contributed by atoms with Crippen molar-refractivity contribution >= 4 is 23.3 Å². The van der Waals surface area contributed by atoms with Crippen LogP contribution in [0.2, 0.25) is 5.02 Å². The molecule has 0 aliphatic carbocycles. The number of pyridine rings is 1. The Morgan fingerprint density at radius 2 is 2.04 bits per heavy atom. The lowest BCUT2D eigenvalue weighted by Gasteiger charge is -2.17. The van der Waals surface area contributed by atoms with E-state index in [4.69, 9.17) is 16.9 Å². The van der Waals surface area contributed by atoms with Crippen LogP contribution >= 0.6 is 11.6 Å². The number of hydrogen-bond acceptors (Lipinski definition) is 4. The highest BCUT2D eigenvalue weighted by molar-refractivity contribution is 6.31. The Bertz CT molecular complexity index is 712. The number of nitrogens with zero attached hydrogens (tertiary/aromatic N) is 3. The van der Waals surface area contributed by atoms with E-state index in [9.17, 15) is 4.79 Å². The Balaban J connectivity index is 1.81. The van der Waals surface area contributed by atoms with Gasteiger partial charge in [-0.05, 0) is 17.7 Å². The Kier molecular flexibility index (Phi) is 5.95. The quantitative estimate of drug-likeness (QED) is 0.884. The fraction of sp³-hybridized carbons (Fsp3) is 0.235. The number of anilines is 1. The van der Waals surface area contributed by atoms with Crippen LogP contribution in [0.1, 0.15) is 17.7 Å². The molecular formula is C17H17ClN4O. The van der Waals surface area contributed by atoms with E-state index in [-0.39, 0.29) is 11.6 Å². The van der Waals surface area contributed by atoms with Gasteiger partial charge in [0.2, 0.25) is 5.91 Å². The molecule has 5 nitrogen and oxygen atoms in total. The number of benzene rings is 1. The summed E-state index contributed by atoms with van der Waals surface area (Å²) in [4.78, 5) is 17.9. The van der Waals surface area contributed by atoms with Crippen LogP contribution < -0.4 is 5.32 Å². The minimum Gasteiger partial charge on any atom is -0.370 e. The predicted octanol–water partition coefficient (Wildman–Crippen LogP) is 3.07. The van der Waals surface area contributed by atoms with Crippen LogP contribution in [0, 0.1) is 11.3 Å². The smallest absolute Gasteiger partial charge is 0.224 e. The van der Waals surface area contributed by atoms with Gasteiger partial charge in [0.1, 0.15) is 11.9 Å². The zero-order valence-electron chi connectivity index (χ0n) is 12.8. The van der Waals surface area contributed by atoms with Gasteiger partial charge in [-0.1, -0.05) is 41.9 Å². The number of amides is 1. The second-order valence-electron chi connectivity index (χ2n) is 5.05. The van der Waals surface area contributed by atoms with Crippen molar-refractivity contribution in [1.82, 2.24) is 9.88 Å². The number of halogens is 1. The topological polar surface area (TPSA) is 69.0 Å². The molecule has 1 amide bonds. The lowest BCUT2D eigenvalue weighted by Crippen LogP contribution is -2.27. The summed E-state index contributed by atoms with van der Waals surface area (Å²) < 4.78 is 0. The van der Waals surface area contributed by atoms with Crippen molar-refractivity contribution in [3.05, 3.63) is 58.7 Å². The number of hydrogen-bond donors (Lipinski definition) is 1. The fourth-order valence-corrected chi connectivity index (χ4v) is 2.20. The molecule has 0 aliphatic rings. The van der Waals surface area contributed by atoms with Gasteiger partial charge in [0.05, 0.1) is 5.02 Å². The van der Waals surface area contributed by atoms with E-state index in [2.05, 4.69) is 10.3 Å². The highest BCUT2D eigenvalue weighted by Gasteiger charge is 2.09. The first-order chi connectivity index (χ1) is 11.1. The average molecular weight is 329 g/mol. The van der Waals surface area contributed by atoms with E-state index >= 15 is 0 Å². The van der Waals surface area contributed by atoms with Gasteiger partial charge in [0, 0.05) is 26.6 Å². The minimum absolute atomic E-state index is 0.0378. The number of aromatic nitrogens is 1. The highest BCUT2D eigenvalue weighted by Crippen LogP contribution is 2.15.